The summed E-state index contributed by atoms with van der Waals surface area (Å²) in [4.78, 5) is 23.1. The first-order valence-corrected chi connectivity index (χ1v) is 6.89. The fourth-order valence-electron chi connectivity index (χ4n) is 1.75. The largest absolute Gasteiger partial charge is 0.326 e. The van der Waals surface area contributed by atoms with E-state index in [0.29, 0.717) is 15.8 Å². The molecule has 0 radical (unpaired) electrons. The van der Waals surface area contributed by atoms with Crippen molar-refractivity contribution in [3.63, 3.8) is 0 Å². The molecule has 0 fully saturated rings. The third kappa shape index (κ3) is 4.13. The van der Waals surface area contributed by atoms with Crippen molar-refractivity contribution in [2.45, 2.75) is 6.92 Å². The lowest BCUT2D eigenvalue weighted by Crippen LogP contribution is -2.13. The summed E-state index contributed by atoms with van der Waals surface area (Å²) >= 11 is 3.21. The van der Waals surface area contributed by atoms with Crippen LogP contribution < -0.4 is 10.6 Å². The van der Waals surface area contributed by atoms with Crippen molar-refractivity contribution in [3.8, 4) is 0 Å². The smallest absolute Gasteiger partial charge is 0.256 e. The van der Waals surface area contributed by atoms with Crippen LogP contribution in [0.2, 0.25) is 0 Å². The molecule has 0 saturated carbocycles. The Morgan fingerprint density at radius 2 is 1.71 bits per heavy atom. The minimum absolute atomic E-state index is 0.194. The molecule has 0 spiro atoms. The van der Waals surface area contributed by atoms with Crippen LogP contribution in [0.5, 0.6) is 0 Å². The third-order valence-electron chi connectivity index (χ3n) is 2.61. The molecule has 6 heteroatoms. The second kappa shape index (κ2) is 6.49. The van der Waals surface area contributed by atoms with Gasteiger partial charge in [-0.25, -0.2) is 4.39 Å². The molecule has 0 aliphatic heterocycles. The molecule has 21 heavy (non-hydrogen) atoms. The van der Waals surface area contributed by atoms with Crippen molar-refractivity contribution >= 4 is 39.1 Å². The van der Waals surface area contributed by atoms with Crippen molar-refractivity contribution in [1.29, 1.82) is 0 Å². The summed E-state index contributed by atoms with van der Waals surface area (Å²) in [6.07, 6.45) is 0. The molecule has 0 unspecified atom stereocenters. The van der Waals surface area contributed by atoms with Gasteiger partial charge >= 0.3 is 0 Å². The molecule has 2 aromatic rings. The average molecular weight is 351 g/mol. The van der Waals surface area contributed by atoms with Crippen LogP contribution in [0.15, 0.2) is 46.9 Å². The molecule has 2 aromatic carbocycles. The Balaban J connectivity index is 2.19. The predicted octanol–water partition coefficient (Wildman–Crippen LogP) is 3.80. The van der Waals surface area contributed by atoms with Crippen molar-refractivity contribution in [3.05, 3.63) is 58.3 Å². The van der Waals surface area contributed by atoms with E-state index in [9.17, 15) is 14.0 Å². The molecule has 2 rings (SSSR count). The van der Waals surface area contributed by atoms with E-state index in [-0.39, 0.29) is 11.5 Å². The summed E-state index contributed by atoms with van der Waals surface area (Å²) in [5.41, 5.74) is 1.26. The molecule has 0 aliphatic carbocycles. The molecule has 108 valence electrons. The molecule has 2 N–H and O–H groups in total. The van der Waals surface area contributed by atoms with E-state index in [1.165, 1.54) is 19.1 Å². The van der Waals surface area contributed by atoms with E-state index in [1.807, 2.05) is 0 Å². The number of halogens is 2. The molecular weight excluding hydrogens is 339 g/mol. The first kappa shape index (κ1) is 15.2. The second-order valence-electron chi connectivity index (χ2n) is 4.34. The molecule has 0 aromatic heterocycles. The van der Waals surface area contributed by atoms with Crippen LogP contribution in [0.3, 0.4) is 0 Å². The summed E-state index contributed by atoms with van der Waals surface area (Å²) in [6, 6.07) is 10.6. The summed E-state index contributed by atoms with van der Waals surface area (Å²) in [5.74, 6) is -1.14. The van der Waals surface area contributed by atoms with E-state index in [4.69, 9.17) is 0 Å². The van der Waals surface area contributed by atoms with Gasteiger partial charge in [0.1, 0.15) is 5.82 Å². The zero-order valence-electron chi connectivity index (χ0n) is 11.1. The zero-order chi connectivity index (χ0) is 15.4. The Morgan fingerprint density at radius 3 is 2.38 bits per heavy atom. The van der Waals surface area contributed by atoms with Gasteiger partial charge in [-0.15, -0.1) is 0 Å². The van der Waals surface area contributed by atoms with Crippen LogP contribution in [0.1, 0.15) is 17.3 Å². The molecule has 0 heterocycles. The van der Waals surface area contributed by atoms with Gasteiger partial charge < -0.3 is 10.6 Å². The van der Waals surface area contributed by atoms with Gasteiger partial charge in [-0.2, -0.15) is 0 Å². The Bertz CT molecular complexity index is 704. The summed E-state index contributed by atoms with van der Waals surface area (Å²) in [6.45, 7) is 1.40. The van der Waals surface area contributed by atoms with Crippen LogP contribution in [0.4, 0.5) is 15.8 Å². The quantitative estimate of drug-likeness (QED) is 0.884. The van der Waals surface area contributed by atoms with Crippen LogP contribution in [0, 0.1) is 5.82 Å². The van der Waals surface area contributed by atoms with Gasteiger partial charge in [0, 0.05) is 22.8 Å². The Hall–Kier alpha value is -2.21. The fraction of sp³-hybridized carbons (Fsp3) is 0.0667. The molecule has 4 nitrogen and oxygen atoms in total. The number of nitrogens with one attached hydrogen (secondary N) is 2. The zero-order valence-corrected chi connectivity index (χ0v) is 12.7. The van der Waals surface area contributed by atoms with Gasteiger partial charge in [-0.3, -0.25) is 9.59 Å². The maximum absolute atomic E-state index is 13.2. The van der Waals surface area contributed by atoms with Crippen molar-refractivity contribution < 1.29 is 14.0 Å². The maximum atomic E-state index is 13.2. The van der Waals surface area contributed by atoms with Crippen LogP contribution >= 0.6 is 15.9 Å². The number of hydrogen-bond donors (Lipinski definition) is 2. The van der Waals surface area contributed by atoms with Gasteiger partial charge in [-0.1, -0.05) is 6.07 Å². The normalized spacial score (nSPS) is 10.0. The number of amides is 2. The van der Waals surface area contributed by atoms with Gasteiger partial charge in [0.05, 0.1) is 5.56 Å². The topological polar surface area (TPSA) is 58.2 Å². The van der Waals surface area contributed by atoms with Gasteiger partial charge in [0.25, 0.3) is 5.91 Å². The SMILES string of the molecule is CC(=O)Nc1cccc(NC(=O)c2cc(F)ccc2Br)c1. The number of benzene rings is 2. The summed E-state index contributed by atoms with van der Waals surface area (Å²) in [7, 11) is 0. The highest BCUT2D eigenvalue weighted by atomic mass is 79.9. The highest BCUT2D eigenvalue weighted by molar-refractivity contribution is 9.10. The average Bonchev–Trinajstić information content (AvgIpc) is 2.41. The van der Waals surface area contributed by atoms with Gasteiger partial charge in [0.15, 0.2) is 0 Å². The van der Waals surface area contributed by atoms with E-state index in [2.05, 4.69) is 26.6 Å². The van der Waals surface area contributed by atoms with E-state index >= 15 is 0 Å². The van der Waals surface area contributed by atoms with E-state index in [0.717, 1.165) is 6.07 Å². The van der Waals surface area contributed by atoms with Gasteiger partial charge in [-0.05, 0) is 52.3 Å². The van der Waals surface area contributed by atoms with Crippen LogP contribution in [0.25, 0.3) is 0 Å². The Kier molecular flexibility index (Phi) is 4.70. The van der Waals surface area contributed by atoms with Crippen molar-refractivity contribution in [1.82, 2.24) is 0 Å². The molecular formula is C15H12BrFN2O2. The minimum Gasteiger partial charge on any atom is -0.326 e. The maximum Gasteiger partial charge on any atom is 0.256 e. The summed E-state index contributed by atoms with van der Waals surface area (Å²) in [5, 5.41) is 5.27. The van der Waals surface area contributed by atoms with Crippen LogP contribution in [-0.2, 0) is 4.79 Å². The van der Waals surface area contributed by atoms with Crippen LogP contribution in [-0.4, -0.2) is 11.8 Å². The minimum atomic E-state index is -0.490. The lowest BCUT2D eigenvalue weighted by molar-refractivity contribution is -0.114. The van der Waals surface area contributed by atoms with Crippen molar-refractivity contribution in [2.75, 3.05) is 10.6 Å². The van der Waals surface area contributed by atoms with Gasteiger partial charge in [0.2, 0.25) is 5.91 Å². The number of carbonyl (C=O) groups excluding carboxylic acids is 2. The van der Waals surface area contributed by atoms with E-state index in [1.54, 1.807) is 24.3 Å². The molecule has 0 atom stereocenters. The number of carbonyl (C=O) groups is 2. The Morgan fingerprint density at radius 1 is 1.05 bits per heavy atom. The molecule has 0 bridgehead atoms. The standard InChI is InChI=1S/C15H12BrFN2O2/c1-9(20)18-11-3-2-4-12(8-11)19-15(21)13-7-10(17)5-6-14(13)16/h2-8H,1H3,(H,18,20)(H,19,21). The fourth-order valence-corrected chi connectivity index (χ4v) is 2.17. The summed E-state index contributed by atoms with van der Waals surface area (Å²) < 4.78 is 13.7. The Labute approximate surface area is 129 Å². The molecule has 0 aliphatic rings. The second-order valence-corrected chi connectivity index (χ2v) is 5.19. The van der Waals surface area contributed by atoms with E-state index < -0.39 is 11.7 Å². The lowest BCUT2D eigenvalue weighted by Gasteiger charge is -2.09. The molecule has 0 saturated heterocycles. The number of anilines is 2. The first-order valence-electron chi connectivity index (χ1n) is 6.10. The number of rotatable bonds is 3. The predicted molar refractivity (Wildman–Crippen MR) is 82.8 cm³/mol. The molecule has 2 amide bonds. The van der Waals surface area contributed by atoms with Crippen molar-refractivity contribution in [2.24, 2.45) is 0 Å². The monoisotopic (exact) mass is 350 g/mol. The number of hydrogen-bond acceptors (Lipinski definition) is 2. The highest BCUT2D eigenvalue weighted by Crippen LogP contribution is 2.21. The lowest BCUT2D eigenvalue weighted by atomic mass is 10.2. The first-order chi connectivity index (χ1) is 9.95. The highest BCUT2D eigenvalue weighted by Gasteiger charge is 2.11. The third-order valence-corrected chi connectivity index (χ3v) is 3.31.